The van der Waals surface area contributed by atoms with Gasteiger partial charge in [0.25, 0.3) is 0 Å². The maximum atomic E-state index is 13.7. The highest BCUT2D eigenvalue weighted by atomic mass is 19.4. The number of para-hydroxylation sites is 1. The van der Waals surface area contributed by atoms with Gasteiger partial charge in [-0.25, -0.2) is 0 Å². The van der Waals surface area contributed by atoms with Gasteiger partial charge in [0.15, 0.2) is 5.78 Å². The van der Waals surface area contributed by atoms with E-state index in [1.807, 2.05) is 6.07 Å². The number of nitrogens with two attached hydrogens (primary N) is 1. The molecule has 2 N–H and O–H groups in total. The molecule has 1 aliphatic heterocycles. The van der Waals surface area contributed by atoms with Crippen LogP contribution in [0.2, 0.25) is 0 Å². The van der Waals surface area contributed by atoms with Gasteiger partial charge in [-0.2, -0.15) is 18.4 Å². The third kappa shape index (κ3) is 3.14. The van der Waals surface area contributed by atoms with Gasteiger partial charge in [-0.05, 0) is 30.5 Å². The van der Waals surface area contributed by atoms with Crippen molar-refractivity contribution in [3.8, 4) is 6.07 Å². The van der Waals surface area contributed by atoms with Crippen molar-refractivity contribution in [1.29, 1.82) is 5.26 Å². The van der Waals surface area contributed by atoms with Gasteiger partial charge in [0.05, 0.1) is 28.8 Å². The number of ketones is 1. The van der Waals surface area contributed by atoms with E-state index in [-0.39, 0.29) is 29.3 Å². The average molecular weight is 409 g/mol. The summed E-state index contributed by atoms with van der Waals surface area (Å²) in [5, 5.41) is 9.89. The number of hydrogen-bond acceptors (Lipinski definition) is 4. The first-order valence-electron chi connectivity index (χ1n) is 9.52. The first-order valence-corrected chi connectivity index (χ1v) is 9.52. The predicted molar refractivity (Wildman–Crippen MR) is 106 cm³/mol. The van der Waals surface area contributed by atoms with Gasteiger partial charge in [-0.3, -0.25) is 9.69 Å². The third-order valence-electron chi connectivity index (χ3n) is 5.50. The standard InChI is InChI=1S/C23H18F3N3O/c24-23(25,26)16-9-4-5-10-17(16)29-18-11-6-12-19(30)21(18)20(15(13-27)22(29)28)14-7-2-1-3-8-14/h1-5,7-10,20H,6,11-12,28H2/t20-/m0/s1. The molecule has 0 saturated heterocycles. The molecular formula is C23H18F3N3O. The molecule has 0 radical (unpaired) electrons. The molecule has 2 aromatic carbocycles. The Hall–Kier alpha value is -3.53. The fraction of sp³-hybridized carbons (Fsp3) is 0.217. The zero-order chi connectivity index (χ0) is 21.5. The summed E-state index contributed by atoms with van der Waals surface area (Å²) in [5.74, 6) is -0.926. The number of rotatable bonds is 2. The van der Waals surface area contributed by atoms with E-state index in [4.69, 9.17) is 5.73 Å². The minimum atomic E-state index is -4.61. The molecule has 4 rings (SSSR count). The molecule has 1 aliphatic carbocycles. The molecule has 0 amide bonds. The topological polar surface area (TPSA) is 70.1 Å². The maximum absolute atomic E-state index is 13.7. The first-order chi connectivity index (χ1) is 14.3. The summed E-state index contributed by atoms with van der Waals surface area (Å²) in [6.07, 6.45) is -3.41. The Morgan fingerprint density at radius 2 is 1.70 bits per heavy atom. The minimum Gasteiger partial charge on any atom is -0.384 e. The number of carbonyl (C=O) groups excluding carboxylic acids is 1. The molecule has 4 nitrogen and oxygen atoms in total. The first kappa shape index (κ1) is 19.8. The Labute approximate surface area is 171 Å². The van der Waals surface area contributed by atoms with Crippen LogP contribution in [0.5, 0.6) is 0 Å². The highest BCUT2D eigenvalue weighted by Gasteiger charge is 2.43. The number of carbonyl (C=O) groups is 1. The van der Waals surface area contributed by atoms with Crippen molar-refractivity contribution in [3.63, 3.8) is 0 Å². The Kier molecular flexibility index (Phi) is 4.86. The lowest BCUT2D eigenvalue weighted by molar-refractivity contribution is -0.137. The van der Waals surface area contributed by atoms with Crippen LogP contribution in [0.4, 0.5) is 18.9 Å². The summed E-state index contributed by atoms with van der Waals surface area (Å²) in [6.45, 7) is 0. The zero-order valence-corrected chi connectivity index (χ0v) is 15.9. The molecular weight excluding hydrogens is 391 g/mol. The van der Waals surface area contributed by atoms with E-state index in [1.165, 1.54) is 23.1 Å². The zero-order valence-electron chi connectivity index (χ0n) is 15.9. The molecule has 2 aliphatic rings. The van der Waals surface area contributed by atoms with Gasteiger partial charge >= 0.3 is 6.18 Å². The largest absolute Gasteiger partial charge is 0.418 e. The SMILES string of the molecule is N#CC1=C(N)N(c2ccccc2C(F)(F)F)C2=C(C(=O)CCC2)[C@H]1c1ccccc1. The second kappa shape index (κ2) is 7.38. The van der Waals surface area contributed by atoms with Crippen molar-refractivity contribution in [2.24, 2.45) is 5.73 Å². The van der Waals surface area contributed by atoms with Crippen molar-refractivity contribution in [2.75, 3.05) is 4.90 Å². The summed E-state index contributed by atoms with van der Waals surface area (Å²) in [5.41, 5.74) is 6.87. The number of benzene rings is 2. The molecule has 1 heterocycles. The Morgan fingerprint density at radius 1 is 1.03 bits per heavy atom. The van der Waals surface area contributed by atoms with E-state index in [1.54, 1.807) is 24.3 Å². The fourth-order valence-electron chi connectivity index (χ4n) is 4.25. The van der Waals surface area contributed by atoms with Crippen molar-refractivity contribution < 1.29 is 18.0 Å². The van der Waals surface area contributed by atoms with Crippen molar-refractivity contribution in [2.45, 2.75) is 31.4 Å². The molecule has 0 bridgehead atoms. The van der Waals surface area contributed by atoms with Crippen molar-refractivity contribution in [1.82, 2.24) is 0 Å². The molecule has 0 aromatic heterocycles. The van der Waals surface area contributed by atoms with Gasteiger partial charge < -0.3 is 5.73 Å². The number of allylic oxidation sites excluding steroid dienone is 3. The van der Waals surface area contributed by atoms with Crippen LogP contribution >= 0.6 is 0 Å². The van der Waals surface area contributed by atoms with E-state index in [2.05, 4.69) is 6.07 Å². The van der Waals surface area contributed by atoms with Crippen LogP contribution in [0.1, 0.15) is 36.3 Å². The number of halogens is 3. The summed E-state index contributed by atoms with van der Waals surface area (Å²) in [4.78, 5) is 14.2. The molecule has 30 heavy (non-hydrogen) atoms. The van der Waals surface area contributed by atoms with Gasteiger partial charge in [-0.1, -0.05) is 42.5 Å². The second-order valence-electron chi connectivity index (χ2n) is 7.24. The monoisotopic (exact) mass is 409 g/mol. The smallest absolute Gasteiger partial charge is 0.384 e. The summed E-state index contributed by atoms with van der Waals surface area (Å²) in [6, 6.07) is 16.1. The van der Waals surface area contributed by atoms with Crippen LogP contribution in [0.15, 0.2) is 77.3 Å². The number of hydrogen-bond donors (Lipinski definition) is 1. The molecule has 0 saturated carbocycles. The Balaban J connectivity index is 2.01. The van der Waals surface area contributed by atoms with E-state index < -0.39 is 17.7 Å². The number of Topliss-reactive ketones (excluding diaryl/α,β-unsaturated/α-hetero) is 1. The molecule has 7 heteroatoms. The van der Waals surface area contributed by atoms with Crippen LogP contribution in [0.25, 0.3) is 0 Å². The third-order valence-corrected chi connectivity index (χ3v) is 5.50. The Morgan fingerprint density at radius 3 is 2.37 bits per heavy atom. The normalized spacial score (nSPS) is 19.6. The lowest BCUT2D eigenvalue weighted by Crippen LogP contribution is -2.39. The van der Waals surface area contributed by atoms with Crippen LogP contribution in [0.3, 0.4) is 0 Å². The number of anilines is 1. The van der Waals surface area contributed by atoms with E-state index in [0.29, 0.717) is 29.7 Å². The van der Waals surface area contributed by atoms with Crippen molar-refractivity contribution in [3.05, 3.63) is 88.4 Å². The van der Waals surface area contributed by atoms with Crippen LogP contribution in [-0.2, 0) is 11.0 Å². The quantitative estimate of drug-likeness (QED) is 0.757. The summed E-state index contributed by atoms with van der Waals surface area (Å²) in [7, 11) is 0. The van der Waals surface area contributed by atoms with Gasteiger partial charge in [0.2, 0.25) is 0 Å². The summed E-state index contributed by atoms with van der Waals surface area (Å²) < 4.78 is 41.2. The van der Waals surface area contributed by atoms with Crippen LogP contribution < -0.4 is 10.6 Å². The molecule has 0 unspecified atom stereocenters. The second-order valence-corrected chi connectivity index (χ2v) is 7.24. The number of nitriles is 1. The van der Waals surface area contributed by atoms with E-state index in [9.17, 15) is 23.2 Å². The minimum absolute atomic E-state index is 0.0727. The molecule has 152 valence electrons. The summed E-state index contributed by atoms with van der Waals surface area (Å²) >= 11 is 0. The van der Waals surface area contributed by atoms with Gasteiger partial charge in [0, 0.05) is 17.7 Å². The highest BCUT2D eigenvalue weighted by Crippen LogP contribution is 2.48. The molecule has 0 fully saturated rings. The van der Waals surface area contributed by atoms with Crippen LogP contribution in [-0.4, -0.2) is 5.78 Å². The fourth-order valence-corrected chi connectivity index (χ4v) is 4.25. The van der Waals surface area contributed by atoms with E-state index >= 15 is 0 Å². The number of alkyl halides is 3. The maximum Gasteiger partial charge on any atom is 0.418 e. The van der Waals surface area contributed by atoms with Crippen LogP contribution in [0, 0.1) is 11.3 Å². The lowest BCUT2D eigenvalue weighted by Gasteiger charge is -2.40. The predicted octanol–water partition coefficient (Wildman–Crippen LogP) is 5.01. The molecule has 0 spiro atoms. The van der Waals surface area contributed by atoms with Crippen molar-refractivity contribution >= 4 is 11.5 Å². The molecule has 2 aromatic rings. The Bertz CT molecular complexity index is 1110. The van der Waals surface area contributed by atoms with Gasteiger partial charge in [0.1, 0.15) is 5.82 Å². The molecule has 1 atom stereocenters. The highest BCUT2D eigenvalue weighted by molar-refractivity contribution is 6.01. The van der Waals surface area contributed by atoms with E-state index in [0.717, 1.165) is 6.07 Å². The average Bonchev–Trinajstić information content (AvgIpc) is 2.73. The number of nitrogens with zero attached hydrogens (tertiary/aromatic N) is 2. The lowest BCUT2D eigenvalue weighted by atomic mass is 9.75. The van der Waals surface area contributed by atoms with Gasteiger partial charge in [-0.15, -0.1) is 0 Å².